The lowest BCUT2D eigenvalue weighted by Gasteiger charge is -2.15. The Bertz CT molecular complexity index is 890. The van der Waals surface area contributed by atoms with Gasteiger partial charge in [-0.2, -0.15) is 0 Å². The van der Waals surface area contributed by atoms with Crippen LogP contribution in [0.5, 0.6) is 0 Å². The standard InChI is InChI=1S/C25H29NO3S/c1-3-4-16-29-17-8-15-26-24(27)22(21-13-11-19(2)12-14-21)23(25(26)28)30-18-20-9-6-5-7-10-20/h5-7,9-14H,3-4,8,15-18H2,1-2H3. The summed E-state index contributed by atoms with van der Waals surface area (Å²) in [6.07, 6.45) is 2.77. The second-order valence-corrected chi connectivity index (χ2v) is 8.41. The highest BCUT2D eigenvalue weighted by molar-refractivity contribution is 8.03. The van der Waals surface area contributed by atoms with Crippen molar-refractivity contribution in [2.75, 3.05) is 19.8 Å². The molecule has 0 N–H and O–H groups in total. The first-order valence-corrected chi connectivity index (χ1v) is 11.5. The molecule has 0 aromatic heterocycles. The van der Waals surface area contributed by atoms with Crippen LogP contribution in [0.4, 0.5) is 0 Å². The van der Waals surface area contributed by atoms with E-state index in [1.807, 2.05) is 61.5 Å². The molecule has 0 atom stereocenters. The van der Waals surface area contributed by atoms with Crippen molar-refractivity contribution < 1.29 is 14.3 Å². The molecule has 2 aromatic rings. The number of rotatable bonds is 11. The molecular formula is C25H29NO3S. The highest BCUT2D eigenvalue weighted by atomic mass is 32.2. The van der Waals surface area contributed by atoms with Crippen LogP contribution in [0.1, 0.15) is 42.9 Å². The van der Waals surface area contributed by atoms with Gasteiger partial charge in [0, 0.05) is 25.5 Å². The van der Waals surface area contributed by atoms with Crippen molar-refractivity contribution in [3.8, 4) is 0 Å². The highest BCUT2D eigenvalue weighted by Crippen LogP contribution is 2.37. The Kier molecular flexibility index (Phi) is 8.29. The Hall–Kier alpha value is -2.37. The molecule has 0 fully saturated rings. The van der Waals surface area contributed by atoms with E-state index >= 15 is 0 Å². The molecule has 0 radical (unpaired) electrons. The molecule has 0 aliphatic carbocycles. The van der Waals surface area contributed by atoms with E-state index in [0.717, 1.165) is 36.1 Å². The fourth-order valence-electron chi connectivity index (χ4n) is 3.27. The number of hydrogen-bond acceptors (Lipinski definition) is 4. The summed E-state index contributed by atoms with van der Waals surface area (Å²) >= 11 is 1.45. The minimum atomic E-state index is -0.201. The molecule has 1 aliphatic rings. The normalized spacial score (nSPS) is 14.1. The van der Waals surface area contributed by atoms with Crippen LogP contribution in [-0.2, 0) is 20.1 Å². The Balaban J connectivity index is 1.75. The van der Waals surface area contributed by atoms with Gasteiger partial charge in [0.2, 0.25) is 0 Å². The summed E-state index contributed by atoms with van der Waals surface area (Å²) < 4.78 is 5.59. The molecular weight excluding hydrogens is 394 g/mol. The summed E-state index contributed by atoms with van der Waals surface area (Å²) in [4.78, 5) is 28.2. The first-order chi connectivity index (χ1) is 14.6. The van der Waals surface area contributed by atoms with Crippen LogP contribution < -0.4 is 0 Å². The lowest BCUT2D eigenvalue weighted by molar-refractivity contribution is -0.136. The summed E-state index contributed by atoms with van der Waals surface area (Å²) in [7, 11) is 0. The largest absolute Gasteiger partial charge is 0.381 e. The van der Waals surface area contributed by atoms with Gasteiger partial charge in [-0.25, -0.2) is 0 Å². The van der Waals surface area contributed by atoms with Gasteiger partial charge in [0.1, 0.15) is 0 Å². The smallest absolute Gasteiger partial charge is 0.267 e. The van der Waals surface area contributed by atoms with Crippen LogP contribution >= 0.6 is 11.8 Å². The zero-order valence-corrected chi connectivity index (χ0v) is 18.5. The van der Waals surface area contributed by atoms with E-state index in [1.165, 1.54) is 16.7 Å². The number of nitrogens with zero attached hydrogens (tertiary/aromatic N) is 1. The summed E-state index contributed by atoms with van der Waals surface area (Å²) in [6, 6.07) is 17.8. The monoisotopic (exact) mass is 423 g/mol. The molecule has 2 amide bonds. The quantitative estimate of drug-likeness (QED) is 0.367. The SMILES string of the molecule is CCCCOCCCN1C(=O)C(SCc2ccccc2)=C(c2ccc(C)cc2)C1=O. The number of carbonyl (C=O) groups is 2. The highest BCUT2D eigenvalue weighted by Gasteiger charge is 2.38. The van der Waals surface area contributed by atoms with E-state index in [-0.39, 0.29) is 11.8 Å². The maximum Gasteiger partial charge on any atom is 0.267 e. The average Bonchev–Trinajstić information content (AvgIpc) is 3.00. The number of aryl methyl sites for hydroxylation is 1. The van der Waals surface area contributed by atoms with Gasteiger partial charge < -0.3 is 4.74 Å². The summed E-state index contributed by atoms with van der Waals surface area (Å²) in [5.74, 6) is 0.261. The van der Waals surface area contributed by atoms with E-state index in [2.05, 4.69) is 6.92 Å². The predicted molar refractivity (Wildman–Crippen MR) is 123 cm³/mol. The van der Waals surface area contributed by atoms with Crippen LogP contribution in [0.3, 0.4) is 0 Å². The van der Waals surface area contributed by atoms with Gasteiger partial charge in [0.15, 0.2) is 0 Å². The Morgan fingerprint density at radius 1 is 0.900 bits per heavy atom. The Morgan fingerprint density at radius 3 is 2.30 bits per heavy atom. The molecule has 5 heteroatoms. The van der Waals surface area contributed by atoms with Gasteiger partial charge in [0.05, 0.1) is 10.5 Å². The van der Waals surface area contributed by atoms with Gasteiger partial charge in [-0.3, -0.25) is 14.5 Å². The lowest BCUT2D eigenvalue weighted by atomic mass is 10.0. The third kappa shape index (κ3) is 5.61. The van der Waals surface area contributed by atoms with Gasteiger partial charge in [-0.1, -0.05) is 73.5 Å². The summed E-state index contributed by atoms with van der Waals surface area (Å²) in [6.45, 7) is 5.80. The second kappa shape index (κ2) is 11.1. The molecule has 1 aliphatic heterocycles. The first-order valence-electron chi connectivity index (χ1n) is 10.5. The molecule has 0 saturated carbocycles. The van der Waals surface area contributed by atoms with E-state index in [0.29, 0.717) is 35.8 Å². The molecule has 0 bridgehead atoms. The average molecular weight is 424 g/mol. The number of hydrogen-bond donors (Lipinski definition) is 0. The molecule has 30 heavy (non-hydrogen) atoms. The Labute approximate surface area is 183 Å². The van der Waals surface area contributed by atoms with Crippen LogP contribution in [-0.4, -0.2) is 36.5 Å². The van der Waals surface area contributed by atoms with Crippen molar-refractivity contribution in [2.24, 2.45) is 0 Å². The van der Waals surface area contributed by atoms with Crippen LogP contribution in [0.25, 0.3) is 5.57 Å². The minimum Gasteiger partial charge on any atom is -0.381 e. The van der Waals surface area contributed by atoms with Crippen LogP contribution in [0.2, 0.25) is 0 Å². The number of imide groups is 1. The van der Waals surface area contributed by atoms with Crippen molar-refractivity contribution in [3.05, 3.63) is 76.2 Å². The van der Waals surface area contributed by atoms with Crippen molar-refractivity contribution >= 4 is 29.1 Å². The maximum atomic E-state index is 13.2. The molecule has 3 rings (SSSR count). The third-order valence-electron chi connectivity index (χ3n) is 5.00. The first kappa shape index (κ1) is 22.3. The van der Waals surface area contributed by atoms with Crippen molar-refractivity contribution in [3.63, 3.8) is 0 Å². The molecule has 2 aromatic carbocycles. The van der Waals surface area contributed by atoms with Crippen molar-refractivity contribution in [1.29, 1.82) is 0 Å². The second-order valence-electron chi connectivity index (χ2n) is 7.43. The topological polar surface area (TPSA) is 46.6 Å². The molecule has 4 nitrogen and oxygen atoms in total. The number of carbonyl (C=O) groups excluding carboxylic acids is 2. The van der Waals surface area contributed by atoms with Crippen LogP contribution in [0, 0.1) is 6.92 Å². The number of unbranched alkanes of at least 4 members (excludes halogenated alkanes) is 1. The third-order valence-corrected chi connectivity index (χ3v) is 6.15. The van der Waals surface area contributed by atoms with Gasteiger partial charge >= 0.3 is 0 Å². The van der Waals surface area contributed by atoms with Gasteiger partial charge in [-0.05, 0) is 30.9 Å². The maximum absolute atomic E-state index is 13.2. The van der Waals surface area contributed by atoms with E-state index < -0.39 is 0 Å². The summed E-state index contributed by atoms with van der Waals surface area (Å²) in [5, 5.41) is 0. The van der Waals surface area contributed by atoms with Crippen molar-refractivity contribution in [1.82, 2.24) is 4.90 Å². The van der Waals surface area contributed by atoms with E-state index in [9.17, 15) is 9.59 Å². The fourth-order valence-corrected chi connectivity index (χ4v) is 4.36. The van der Waals surface area contributed by atoms with E-state index in [1.54, 1.807) is 0 Å². The predicted octanol–water partition coefficient (Wildman–Crippen LogP) is 5.22. The lowest BCUT2D eigenvalue weighted by Crippen LogP contribution is -2.33. The Morgan fingerprint density at radius 2 is 1.60 bits per heavy atom. The molecule has 158 valence electrons. The van der Waals surface area contributed by atoms with Crippen LogP contribution in [0.15, 0.2) is 59.5 Å². The number of amides is 2. The minimum absolute atomic E-state index is 0.190. The molecule has 0 unspecified atom stereocenters. The van der Waals surface area contributed by atoms with Crippen molar-refractivity contribution in [2.45, 2.75) is 38.9 Å². The fraction of sp³-hybridized carbons (Fsp3) is 0.360. The molecule has 0 spiro atoms. The van der Waals surface area contributed by atoms with Gasteiger partial charge in [0.25, 0.3) is 11.8 Å². The number of ether oxygens (including phenoxy) is 1. The zero-order chi connectivity index (χ0) is 21.3. The number of benzene rings is 2. The van der Waals surface area contributed by atoms with Gasteiger partial charge in [-0.15, -0.1) is 11.8 Å². The molecule has 1 heterocycles. The molecule has 0 saturated heterocycles. The number of thioether (sulfide) groups is 1. The zero-order valence-electron chi connectivity index (χ0n) is 17.7. The van der Waals surface area contributed by atoms with E-state index in [4.69, 9.17) is 4.74 Å². The summed E-state index contributed by atoms with van der Waals surface area (Å²) in [5.41, 5.74) is 3.57.